The molecule has 176 valence electrons. The second-order valence-corrected chi connectivity index (χ2v) is 7.63. The van der Waals surface area contributed by atoms with Crippen molar-refractivity contribution in [3.8, 4) is 0 Å². The standard InChI is InChI=1S/C20H22ClN3.C3H6O.2C2H6/c1-12(2)24-17-10-13(3)14(4)19(17)20(23-11-18(24)22-5)15-6-8-16(21)9-7-15;1-3(2)4;2*1-2/h6-9H,1,10-11H2,2-5H3;1-2H3;2*1-2H3. The van der Waals surface area contributed by atoms with Crippen molar-refractivity contribution >= 4 is 28.9 Å². The van der Waals surface area contributed by atoms with Crippen molar-refractivity contribution in [2.45, 2.75) is 68.7 Å². The maximum absolute atomic E-state index is 9.44. The lowest BCUT2D eigenvalue weighted by molar-refractivity contribution is -0.114. The number of hydrogen-bond acceptors (Lipinski definition) is 3. The van der Waals surface area contributed by atoms with Gasteiger partial charge in [-0.15, -0.1) is 0 Å². The van der Waals surface area contributed by atoms with E-state index in [0.29, 0.717) is 6.54 Å². The van der Waals surface area contributed by atoms with E-state index in [-0.39, 0.29) is 5.78 Å². The highest BCUT2D eigenvalue weighted by Crippen LogP contribution is 2.39. The highest BCUT2D eigenvalue weighted by molar-refractivity contribution is 6.30. The zero-order valence-electron chi connectivity index (χ0n) is 21.6. The lowest BCUT2D eigenvalue weighted by Gasteiger charge is -2.26. The average Bonchev–Trinajstić information content (AvgIpc) is 2.95. The smallest absolute Gasteiger partial charge is 0.129 e. The lowest BCUT2D eigenvalue weighted by atomic mass is 9.97. The van der Waals surface area contributed by atoms with Gasteiger partial charge < -0.3 is 9.69 Å². The predicted octanol–water partition coefficient (Wildman–Crippen LogP) is 7.65. The van der Waals surface area contributed by atoms with Crippen molar-refractivity contribution < 1.29 is 4.79 Å². The van der Waals surface area contributed by atoms with Crippen molar-refractivity contribution in [1.82, 2.24) is 4.90 Å². The molecule has 0 spiro atoms. The number of hydrogen-bond donors (Lipinski definition) is 0. The summed E-state index contributed by atoms with van der Waals surface area (Å²) in [7, 11) is 1.82. The molecule has 0 aromatic heterocycles. The number of carbonyl (C=O) groups excluding carboxylic acids is 1. The Morgan fingerprint density at radius 3 is 2.00 bits per heavy atom. The third-order valence-corrected chi connectivity index (χ3v) is 4.89. The normalized spacial score (nSPS) is 15.9. The molecule has 0 saturated carbocycles. The lowest BCUT2D eigenvalue weighted by Crippen LogP contribution is -2.29. The summed E-state index contributed by atoms with van der Waals surface area (Å²) in [4.78, 5) is 21.0. The van der Waals surface area contributed by atoms with Crippen LogP contribution in [0.4, 0.5) is 0 Å². The van der Waals surface area contributed by atoms with Crippen LogP contribution in [0.2, 0.25) is 5.02 Å². The summed E-state index contributed by atoms with van der Waals surface area (Å²) < 4.78 is 0. The molecule has 32 heavy (non-hydrogen) atoms. The zero-order chi connectivity index (χ0) is 25.0. The Labute approximate surface area is 200 Å². The first-order valence-corrected chi connectivity index (χ1v) is 11.6. The number of ketones is 1. The van der Waals surface area contributed by atoms with Crippen LogP contribution in [0.3, 0.4) is 0 Å². The molecule has 2 aliphatic rings. The SMILES string of the molecule is C=C(C)N1C(=NC)CN=C(c2ccc(Cl)cc2)C2=C1CC(C)=C2C.CC.CC.CC(C)=O. The van der Waals surface area contributed by atoms with Crippen molar-refractivity contribution in [3.05, 3.63) is 69.5 Å². The monoisotopic (exact) mass is 457 g/mol. The fourth-order valence-electron chi connectivity index (χ4n) is 3.33. The topological polar surface area (TPSA) is 45.0 Å². The van der Waals surface area contributed by atoms with Gasteiger partial charge >= 0.3 is 0 Å². The van der Waals surface area contributed by atoms with Gasteiger partial charge in [-0.1, -0.05) is 63.6 Å². The van der Waals surface area contributed by atoms with Crippen LogP contribution in [0.15, 0.2) is 68.9 Å². The van der Waals surface area contributed by atoms with Gasteiger partial charge in [-0.25, -0.2) is 0 Å². The molecule has 0 N–H and O–H groups in total. The predicted molar refractivity (Wildman–Crippen MR) is 142 cm³/mol. The first-order chi connectivity index (χ1) is 15.2. The molecule has 0 fully saturated rings. The molecule has 1 aromatic rings. The van der Waals surface area contributed by atoms with Crippen molar-refractivity contribution in [2.24, 2.45) is 9.98 Å². The van der Waals surface area contributed by atoms with Crippen LogP contribution in [0.5, 0.6) is 0 Å². The average molecular weight is 458 g/mol. The van der Waals surface area contributed by atoms with Gasteiger partial charge in [0.25, 0.3) is 0 Å². The molecule has 0 amide bonds. The molecule has 0 radical (unpaired) electrons. The first kappa shape index (κ1) is 29.5. The fourth-order valence-corrected chi connectivity index (χ4v) is 3.45. The minimum atomic E-state index is 0.167. The summed E-state index contributed by atoms with van der Waals surface area (Å²) in [6, 6.07) is 7.89. The first-order valence-electron chi connectivity index (χ1n) is 11.3. The molecule has 0 unspecified atom stereocenters. The minimum absolute atomic E-state index is 0.167. The van der Waals surface area contributed by atoms with E-state index < -0.39 is 0 Å². The number of carbonyl (C=O) groups is 1. The maximum atomic E-state index is 9.44. The number of amidine groups is 1. The maximum Gasteiger partial charge on any atom is 0.129 e. The molecule has 3 rings (SSSR count). The van der Waals surface area contributed by atoms with Gasteiger partial charge in [-0.2, -0.15) is 0 Å². The number of halogens is 1. The van der Waals surface area contributed by atoms with Crippen LogP contribution in [0, 0.1) is 0 Å². The summed E-state index contributed by atoms with van der Waals surface area (Å²) in [5.74, 6) is 1.10. The van der Waals surface area contributed by atoms with E-state index in [9.17, 15) is 4.79 Å². The molecule has 1 heterocycles. The Kier molecular flexibility index (Phi) is 13.5. The van der Waals surface area contributed by atoms with E-state index in [0.717, 1.165) is 34.3 Å². The summed E-state index contributed by atoms with van der Waals surface area (Å²) in [6.07, 6.45) is 0.902. The molecule has 1 aromatic carbocycles. The third-order valence-electron chi connectivity index (χ3n) is 4.64. The third kappa shape index (κ3) is 7.59. The van der Waals surface area contributed by atoms with Gasteiger partial charge in [0.1, 0.15) is 11.6 Å². The fraction of sp³-hybridized carbons (Fsp3) is 0.444. The summed E-state index contributed by atoms with van der Waals surface area (Å²) in [6.45, 7) is 22.1. The van der Waals surface area contributed by atoms with Gasteiger partial charge in [0.05, 0.1) is 12.3 Å². The molecule has 0 bridgehead atoms. The van der Waals surface area contributed by atoms with Gasteiger partial charge in [0.2, 0.25) is 0 Å². The van der Waals surface area contributed by atoms with E-state index in [2.05, 4.69) is 30.3 Å². The van der Waals surface area contributed by atoms with E-state index in [1.54, 1.807) is 0 Å². The molecule has 0 saturated heterocycles. The van der Waals surface area contributed by atoms with Gasteiger partial charge in [0, 0.05) is 41.0 Å². The van der Waals surface area contributed by atoms with Crippen molar-refractivity contribution in [3.63, 3.8) is 0 Å². The Morgan fingerprint density at radius 2 is 1.56 bits per heavy atom. The van der Waals surface area contributed by atoms with Gasteiger partial charge in [-0.3, -0.25) is 9.98 Å². The summed E-state index contributed by atoms with van der Waals surface area (Å²) in [5, 5.41) is 0.733. The number of rotatable bonds is 2. The van der Waals surface area contributed by atoms with Crippen molar-refractivity contribution in [1.29, 1.82) is 0 Å². The minimum Gasteiger partial charge on any atom is -0.305 e. The zero-order valence-corrected chi connectivity index (χ0v) is 22.3. The number of aliphatic imine (C=N–C) groups is 2. The molecular formula is C27H40ClN3O. The van der Waals surface area contributed by atoms with Crippen LogP contribution in [0.1, 0.15) is 74.3 Å². The Balaban J connectivity index is 0.00000106. The Hall–Kier alpha value is -2.46. The van der Waals surface area contributed by atoms with E-state index in [1.165, 1.54) is 36.3 Å². The summed E-state index contributed by atoms with van der Waals surface area (Å²) in [5.41, 5.74) is 8.16. The number of benzene rings is 1. The molecule has 4 nitrogen and oxygen atoms in total. The second-order valence-electron chi connectivity index (χ2n) is 7.19. The van der Waals surface area contributed by atoms with E-state index >= 15 is 0 Å². The molecule has 5 heteroatoms. The van der Waals surface area contributed by atoms with Crippen LogP contribution < -0.4 is 0 Å². The van der Waals surface area contributed by atoms with Gasteiger partial charge in [-0.05, 0) is 52.3 Å². The van der Waals surface area contributed by atoms with E-state index in [1.807, 2.05) is 65.9 Å². The second kappa shape index (κ2) is 14.6. The largest absolute Gasteiger partial charge is 0.305 e. The van der Waals surface area contributed by atoms with Crippen LogP contribution in [0.25, 0.3) is 0 Å². The van der Waals surface area contributed by atoms with E-state index in [4.69, 9.17) is 16.6 Å². The Morgan fingerprint density at radius 1 is 1.06 bits per heavy atom. The van der Waals surface area contributed by atoms with Gasteiger partial charge in [0.15, 0.2) is 0 Å². The molecule has 1 aliphatic heterocycles. The molecule has 0 atom stereocenters. The number of allylic oxidation sites excluding steroid dienone is 4. The van der Waals surface area contributed by atoms with Crippen LogP contribution in [-0.2, 0) is 4.79 Å². The highest BCUT2D eigenvalue weighted by Gasteiger charge is 2.32. The number of Topliss-reactive ketones (excluding diaryl/α,β-unsaturated/α-hetero) is 1. The Bertz CT molecular complexity index is 915. The van der Waals surface area contributed by atoms with Crippen molar-refractivity contribution in [2.75, 3.05) is 13.6 Å². The van der Waals surface area contributed by atoms with Crippen LogP contribution in [-0.4, -0.2) is 35.8 Å². The summed E-state index contributed by atoms with van der Waals surface area (Å²) >= 11 is 6.06. The number of nitrogens with zero attached hydrogens (tertiary/aromatic N) is 3. The van der Waals surface area contributed by atoms with Crippen LogP contribution >= 0.6 is 11.6 Å². The molecular weight excluding hydrogens is 418 g/mol. The highest BCUT2D eigenvalue weighted by atomic mass is 35.5. The quantitative estimate of drug-likeness (QED) is 0.457. The molecule has 1 aliphatic carbocycles.